The Labute approximate surface area is 158 Å². The van der Waals surface area contributed by atoms with Crippen LogP contribution in [0.5, 0.6) is 0 Å². The molecule has 1 N–H and O–H groups in total. The summed E-state index contributed by atoms with van der Waals surface area (Å²) in [5.41, 5.74) is 3.12. The first-order valence-electron chi connectivity index (χ1n) is 9.49. The number of ketones is 1. The lowest BCUT2D eigenvalue weighted by Crippen LogP contribution is -2.13. The average Bonchev–Trinajstić information content (AvgIpc) is 3.16. The van der Waals surface area contributed by atoms with Crippen molar-refractivity contribution in [1.29, 1.82) is 0 Å². The smallest absolute Gasteiger partial charge is 0.291 e. The molecule has 5 nitrogen and oxygen atoms in total. The van der Waals surface area contributed by atoms with E-state index in [9.17, 15) is 9.59 Å². The number of hydrogen-bond donors (Lipinski definition) is 1. The second kappa shape index (κ2) is 6.72. The number of carbonyl (C=O) groups excluding carboxylic acids is 2. The summed E-state index contributed by atoms with van der Waals surface area (Å²) >= 11 is 0. The maximum Gasteiger partial charge on any atom is 0.291 e. The number of benzene rings is 1. The number of nitrogens with one attached hydrogen (secondary N) is 1. The van der Waals surface area contributed by atoms with Gasteiger partial charge < -0.3 is 14.3 Å². The molecule has 140 valence electrons. The third kappa shape index (κ3) is 3.18. The van der Waals surface area contributed by atoms with E-state index in [2.05, 4.69) is 36.0 Å². The number of Topliss-reactive ketones (excluding diaryl/α,β-unsaturated/α-hetero) is 1. The maximum atomic E-state index is 12.7. The first-order chi connectivity index (χ1) is 12.9. The lowest BCUT2D eigenvalue weighted by atomic mass is 9.94. The van der Waals surface area contributed by atoms with Crippen LogP contribution in [0.3, 0.4) is 0 Å². The average molecular weight is 364 g/mol. The second-order valence-electron chi connectivity index (χ2n) is 7.72. The Hall–Kier alpha value is -2.82. The molecule has 3 aromatic rings. The predicted molar refractivity (Wildman–Crippen MR) is 105 cm³/mol. The number of carbonyl (C=O) groups is 2. The minimum Gasteiger partial charge on any atom is -0.455 e. The number of amides is 1. The molecular weight excluding hydrogens is 340 g/mol. The van der Waals surface area contributed by atoms with Crippen LogP contribution in [-0.4, -0.2) is 16.3 Å². The van der Waals surface area contributed by atoms with Gasteiger partial charge in [-0.15, -0.1) is 0 Å². The van der Waals surface area contributed by atoms with Crippen molar-refractivity contribution in [2.24, 2.45) is 5.92 Å². The molecule has 0 radical (unpaired) electrons. The SMILES string of the molecule is Cc1c(C(=O)Nc2ccc3c(ccn3CC(C)C)c2)oc2c1C(=O)CCC2. The normalized spacial score (nSPS) is 14.0. The summed E-state index contributed by atoms with van der Waals surface area (Å²) < 4.78 is 7.96. The molecule has 1 aliphatic rings. The lowest BCUT2D eigenvalue weighted by Gasteiger charge is -2.09. The summed E-state index contributed by atoms with van der Waals surface area (Å²) in [6, 6.07) is 7.95. The first-order valence-corrected chi connectivity index (χ1v) is 9.49. The topological polar surface area (TPSA) is 64.2 Å². The van der Waals surface area contributed by atoms with Crippen molar-refractivity contribution < 1.29 is 14.0 Å². The predicted octanol–water partition coefficient (Wildman–Crippen LogP) is 4.97. The van der Waals surface area contributed by atoms with Crippen LogP contribution in [0.2, 0.25) is 0 Å². The molecule has 1 amide bonds. The van der Waals surface area contributed by atoms with Crippen LogP contribution in [0.25, 0.3) is 10.9 Å². The maximum absolute atomic E-state index is 12.7. The summed E-state index contributed by atoms with van der Waals surface area (Å²) in [6.07, 6.45) is 4.10. The van der Waals surface area contributed by atoms with Gasteiger partial charge in [0, 0.05) is 47.7 Å². The molecule has 2 aromatic heterocycles. The Morgan fingerprint density at radius 1 is 1.26 bits per heavy atom. The Morgan fingerprint density at radius 2 is 2.07 bits per heavy atom. The minimum absolute atomic E-state index is 0.0736. The van der Waals surface area contributed by atoms with Crippen LogP contribution in [0.1, 0.15) is 58.9 Å². The van der Waals surface area contributed by atoms with E-state index >= 15 is 0 Å². The van der Waals surface area contributed by atoms with Crippen molar-refractivity contribution in [1.82, 2.24) is 4.57 Å². The molecule has 27 heavy (non-hydrogen) atoms. The standard InChI is InChI=1S/C22H24N2O3/c1-13(2)12-24-10-9-15-11-16(7-8-17(15)24)23-22(26)21-14(3)20-18(25)5-4-6-19(20)27-21/h7-11,13H,4-6,12H2,1-3H3,(H,23,26). The summed E-state index contributed by atoms with van der Waals surface area (Å²) in [4.78, 5) is 24.9. The number of fused-ring (bicyclic) bond motifs is 2. The fourth-order valence-corrected chi connectivity index (χ4v) is 3.88. The number of aromatic nitrogens is 1. The molecule has 5 heteroatoms. The molecule has 0 unspecified atom stereocenters. The zero-order chi connectivity index (χ0) is 19.1. The second-order valence-corrected chi connectivity index (χ2v) is 7.72. The largest absolute Gasteiger partial charge is 0.455 e. The van der Waals surface area contributed by atoms with Crippen molar-refractivity contribution in [2.75, 3.05) is 5.32 Å². The number of furan rings is 1. The van der Waals surface area contributed by atoms with E-state index in [1.165, 1.54) is 0 Å². The lowest BCUT2D eigenvalue weighted by molar-refractivity contribution is 0.0963. The molecule has 0 fully saturated rings. The number of anilines is 1. The van der Waals surface area contributed by atoms with Gasteiger partial charge in [-0.2, -0.15) is 0 Å². The molecule has 2 heterocycles. The fourth-order valence-electron chi connectivity index (χ4n) is 3.88. The third-order valence-electron chi connectivity index (χ3n) is 5.10. The van der Waals surface area contributed by atoms with Gasteiger partial charge in [0.1, 0.15) is 5.76 Å². The van der Waals surface area contributed by atoms with Crippen molar-refractivity contribution in [3.05, 3.63) is 53.1 Å². The minimum atomic E-state index is -0.310. The zero-order valence-corrected chi connectivity index (χ0v) is 16.0. The summed E-state index contributed by atoms with van der Waals surface area (Å²) in [7, 11) is 0. The van der Waals surface area contributed by atoms with Crippen LogP contribution in [0.15, 0.2) is 34.9 Å². The van der Waals surface area contributed by atoms with Gasteiger partial charge in [0.25, 0.3) is 5.91 Å². The van der Waals surface area contributed by atoms with Crippen LogP contribution in [-0.2, 0) is 13.0 Å². The zero-order valence-electron chi connectivity index (χ0n) is 16.0. The highest BCUT2D eigenvalue weighted by Crippen LogP contribution is 2.30. The van der Waals surface area contributed by atoms with Gasteiger partial charge in [0.2, 0.25) is 0 Å². The quantitative estimate of drug-likeness (QED) is 0.711. The molecule has 1 aromatic carbocycles. The van der Waals surface area contributed by atoms with Crippen LogP contribution < -0.4 is 5.32 Å². The van der Waals surface area contributed by atoms with Crippen molar-refractivity contribution in [3.63, 3.8) is 0 Å². The van der Waals surface area contributed by atoms with Gasteiger partial charge in [0.15, 0.2) is 11.5 Å². The van der Waals surface area contributed by atoms with Gasteiger partial charge in [0.05, 0.1) is 5.56 Å². The Morgan fingerprint density at radius 3 is 2.81 bits per heavy atom. The molecule has 0 bridgehead atoms. The highest BCUT2D eigenvalue weighted by molar-refractivity contribution is 6.08. The number of rotatable bonds is 4. The van der Waals surface area contributed by atoms with Gasteiger partial charge in [-0.25, -0.2) is 0 Å². The molecule has 0 aliphatic heterocycles. The molecule has 0 atom stereocenters. The van der Waals surface area contributed by atoms with E-state index < -0.39 is 0 Å². The van der Waals surface area contributed by atoms with Crippen LogP contribution in [0.4, 0.5) is 5.69 Å². The highest BCUT2D eigenvalue weighted by atomic mass is 16.4. The fraction of sp³-hybridized carbons (Fsp3) is 0.364. The molecule has 4 rings (SSSR count). The molecule has 0 spiro atoms. The van der Waals surface area contributed by atoms with E-state index in [4.69, 9.17) is 4.42 Å². The van der Waals surface area contributed by atoms with E-state index in [1.54, 1.807) is 6.92 Å². The van der Waals surface area contributed by atoms with Gasteiger partial charge in [-0.1, -0.05) is 13.8 Å². The summed E-state index contributed by atoms with van der Waals surface area (Å²) in [6.45, 7) is 7.13. The van der Waals surface area contributed by atoms with Gasteiger partial charge in [-0.05, 0) is 43.5 Å². The number of nitrogens with zero attached hydrogens (tertiary/aromatic N) is 1. The Bertz CT molecular complexity index is 1040. The Balaban J connectivity index is 1.59. The van der Waals surface area contributed by atoms with E-state index in [0.29, 0.717) is 35.6 Å². The molecule has 0 saturated heterocycles. The monoisotopic (exact) mass is 364 g/mol. The first kappa shape index (κ1) is 17.6. The summed E-state index contributed by atoms with van der Waals surface area (Å²) in [5.74, 6) is 1.22. The Kier molecular flexibility index (Phi) is 4.38. The number of aryl methyl sites for hydroxylation is 1. The van der Waals surface area contributed by atoms with Crippen molar-refractivity contribution in [3.8, 4) is 0 Å². The van der Waals surface area contributed by atoms with Crippen LogP contribution >= 0.6 is 0 Å². The van der Waals surface area contributed by atoms with Gasteiger partial charge in [-0.3, -0.25) is 9.59 Å². The van der Waals surface area contributed by atoms with Crippen molar-refractivity contribution in [2.45, 2.75) is 46.6 Å². The molecular formula is C22H24N2O3. The van der Waals surface area contributed by atoms with E-state index in [-0.39, 0.29) is 17.5 Å². The van der Waals surface area contributed by atoms with Crippen LogP contribution in [0, 0.1) is 12.8 Å². The van der Waals surface area contributed by atoms with E-state index in [0.717, 1.165) is 29.6 Å². The number of hydrogen-bond acceptors (Lipinski definition) is 3. The molecule has 0 saturated carbocycles. The third-order valence-corrected chi connectivity index (χ3v) is 5.10. The highest BCUT2D eigenvalue weighted by Gasteiger charge is 2.28. The van der Waals surface area contributed by atoms with Gasteiger partial charge >= 0.3 is 0 Å². The van der Waals surface area contributed by atoms with Crippen molar-refractivity contribution >= 4 is 28.3 Å². The molecule has 1 aliphatic carbocycles. The van der Waals surface area contributed by atoms with E-state index in [1.807, 2.05) is 18.2 Å². The summed E-state index contributed by atoms with van der Waals surface area (Å²) in [5, 5.41) is 3.99.